The molecule has 1 heterocycles. The summed E-state index contributed by atoms with van der Waals surface area (Å²) in [5.41, 5.74) is 20.5. The standard InChI is InChI=1S/C7H9N5O2/c8-4-2(6(10)13)1-3(7(11)14)5(9)12-4/h1H,(H2,10,13)(H2,11,14)(H4,8,9,12). The van der Waals surface area contributed by atoms with E-state index in [0.717, 1.165) is 6.07 Å². The summed E-state index contributed by atoms with van der Waals surface area (Å²) in [6, 6.07) is 1.13. The Morgan fingerprint density at radius 2 is 1.36 bits per heavy atom. The smallest absolute Gasteiger partial charge is 0.252 e. The van der Waals surface area contributed by atoms with Gasteiger partial charge in [-0.25, -0.2) is 4.98 Å². The second-order valence-corrected chi connectivity index (χ2v) is 2.58. The number of aromatic nitrogens is 1. The van der Waals surface area contributed by atoms with E-state index in [1.807, 2.05) is 0 Å². The molecule has 0 aliphatic heterocycles. The number of anilines is 2. The highest BCUT2D eigenvalue weighted by atomic mass is 16.1. The van der Waals surface area contributed by atoms with E-state index in [2.05, 4.69) is 4.98 Å². The van der Waals surface area contributed by atoms with Crippen molar-refractivity contribution in [3.05, 3.63) is 17.2 Å². The number of hydrogen-bond acceptors (Lipinski definition) is 5. The molecule has 2 amide bonds. The van der Waals surface area contributed by atoms with Crippen molar-refractivity contribution in [2.45, 2.75) is 0 Å². The largest absolute Gasteiger partial charge is 0.383 e. The van der Waals surface area contributed by atoms with Crippen LogP contribution in [0.1, 0.15) is 20.7 Å². The molecule has 1 rings (SSSR count). The van der Waals surface area contributed by atoms with E-state index in [1.54, 1.807) is 0 Å². The molecular weight excluding hydrogens is 186 g/mol. The van der Waals surface area contributed by atoms with Crippen molar-refractivity contribution in [3.63, 3.8) is 0 Å². The monoisotopic (exact) mass is 195 g/mol. The number of nitrogen functional groups attached to an aromatic ring is 2. The van der Waals surface area contributed by atoms with Crippen LogP contribution in [0.25, 0.3) is 0 Å². The molecule has 0 aliphatic carbocycles. The number of rotatable bonds is 2. The van der Waals surface area contributed by atoms with Crippen molar-refractivity contribution >= 4 is 23.5 Å². The number of nitrogens with zero attached hydrogens (tertiary/aromatic N) is 1. The summed E-state index contributed by atoms with van der Waals surface area (Å²) in [7, 11) is 0. The van der Waals surface area contributed by atoms with Crippen LogP contribution < -0.4 is 22.9 Å². The summed E-state index contributed by atoms with van der Waals surface area (Å²) in [4.78, 5) is 25.2. The molecule has 0 spiro atoms. The zero-order chi connectivity index (χ0) is 10.9. The minimum atomic E-state index is -0.794. The number of primary amides is 2. The summed E-state index contributed by atoms with van der Waals surface area (Å²) in [5, 5.41) is 0. The van der Waals surface area contributed by atoms with Crippen molar-refractivity contribution in [2.75, 3.05) is 11.5 Å². The van der Waals surface area contributed by atoms with Gasteiger partial charge in [0.1, 0.15) is 11.6 Å². The van der Waals surface area contributed by atoms with Crippen molar-refractivity contribution in [1.29, 1.82) is 0 Å². The molecule has 0 aliphatic rings. The maximum Gasteiger partial charge on any atom is 0.252 e. The van der Waals surface area contributed by atoms with Gasteiger partial charge in [0.2, 0.25) is 0 Å². The van der Waals surface area contributed by atoms with E-state index in [9.17, 15) is 9.59 Å². The van der Waals surface area contributed by atoms with Crippen LogP contribution in [0.5, 0.6) is 0 Å². The molecule has 8 N–H and O–H groups in total. The lowest BCUT2D eigenvalue weighted by atomic mass is 10.1. The van der Waals surface area contributed by atoms with Crippen LogP contribution in [-0.2, 0) is 0 Å². The van der Waals surface area contributed by atoms with Gasteiger partial charge >= 0.3 is 0 Å². The summed E-state index contributed by atoms with van der Waals surface area (Å²) in [6.45, 7) is 0. The highest BCUT2D eigenvalue weighted by molar-refractivity contribution is 6.03. The Morgan fingerprint density at radius 3 is 1.64 bits per heavy atom. The van der Waals surface area contributed by atoms with Crippen LogP contribution in [0.3, 0.4) is 0 Å². The Bertz CT molecular complexity index is 380. The summed E-state index contributed by atoms with van der Waals surface area (Å²) < 4.78 is 0. The van der Waals surface area contributed by atoms with Gasteiger partial charge in [0, 0.05) is 0 Å². The minimum absolute atomic E-state index is 0.0759. The molecule has 0 aromatic carbocycles. The van der Waals surface area contributed by atoms with Gasteiger partial charge in [-0.05, 0) is 6.07 Å². The number of pyridine rings is 1. The zero-order valence-electron chi connectivity index (χ0n) is 7.15. The first-order valence-corrected chi connectivity index (χ1v) is 3.59. The number of nitrogens with two attached hydrogens (primary N) is 4. The molecule has 0 atom stereocenters. The lowest BCUT2D eigenvalue weighted by Crippen LogP contribution is -2.20. The quantitative estimate of drug-likeness (QED) is 0.450. The molecule has 0 unspecified atom stereocenters. The van der Waals surface area contributed by atoms with E-state index in [0.29, 0.717) is 0 Å². The Kier molecular flexibility index (Phi) is 2.24. The summed E-state index contributed by atoms with van der Waals surface area (Å²) in [5.74, 6) is -1.84. The third kappa shape index (κ3) is 1.56. The molecule has 0 bridgehead atoms. The second kappa shape index (κ2) is 3.21. The molecular formula is C7H9N5O2. The average molecular weight is 195 g/mol. The van der Waals surface area contributed by atoms with Gasteiger partial charge in [-0.2, -0.15) is 0 Å². The zero-order valence-corrected chi connectivity index (χ0v) is 7.15. The first-order valence-electron chi connectivity index (χ1n) is 3.59. The SMILES string of the molecule is NC(=O)c1cc(C(N)=O)c(N)nc1N. The third-order valence-corrected chi connectivity index (χ3v) is 1.61. The van der Waals surface area contributed by atoms with Crippen LogP contribution in [0.4, 0.5) is 11.6 Å². The minimum Gasteiger partial charge on any atom is -0.383 e. The second-order valence-electron chi connectivity index (χ2n) is 2.58. The van der Waals surface area contributed by atoms with Crippen LogP contribution in [-0.4, -0.2) is 16.8 Å². The van der Waals surface area contributed by atoms with Gasteiger partial charge in [0.25, 0.3) is 11.8 Å². The summed E-state index contributed by atoms with van der Waals surface area (Å²) in [6.07, 6.45) is 0. The molecule has 0 radical (unpaired) electrons. The van der Waals surface area contributed by atoms with Gasteiger partial charge in [-0.3, -0.25) is 9.59 Å². The summed E-state index contributed by atoms with van der Waals surface area (Å²) >= 11 is 0. The molecule has 0 fully saturated rings. The predicted octanol–water partition coefficient (Wildman–Crippen LogP) is -1.56. The predicted molar refractivity (Wildman–Crippen MR) is 50.1 cm³/mol. The fourth-order valence-corrected chi connectivity index (χ4v) is 0.937. The molecule has 7 nitrogen and oxygen atoms in total. The molecule has 0 saturated heterocycles. The average Bonchev–Trinajstić information content (AvgIpc) is 2.02. The lowest BCUT2D eigenvalue weighted by molar-refractivity contribution is 0.0999. The number of carbonyl (C=O) groups is 2. The van der Waals surface area contributed by atoms with E-state index in [1.165, 1.54) is 0 Å². The fraction of sp³-hybridized carbons (Fsp3) is 0. The van der Waals surface area contributed by atoms with Gasteiger partial charge in [0.15, 0.2) is 0 Å². The Morgan fingerprint density at radius 1 is 1.00 bits per heavy atom. The number of hydrogen-bond donors (Lipinski definition) is 4. The maximum absolute atomic E-state index is 10.8. The molecule has 0 saturated carbocycles. The van der Waals surface area contributed by atoms with Crippen molar-refractivity contribution in [3.8, 4) is 0 Å². The van der Waals surface area contributed by atoms with Gasteiger partial charge < -0.3 is 22.9 Å². The van der Waals surface area contributed by atoms with Crippen LogP contribution in [0.15, 0.2) is 6.07 Å². The van der Waals surface area contributed by atoms with Gasteiger partial charge in [0.05, 0.1) is 11.1 Å². The molecule has 1 aromatic heterocycles. The molecule has 14 heavy (non-hydrogen) atoms. The first-order chi connectivity index (χ1) is 6.43. The van der Waals surface area contributed by atoms with Crippen molar-refractivity contribution in [2.24, 2.45) is 11.5 Å². The van der Waals surface area contributed by atoms with Crippen LogP contribution in [0.2, 0.25) is 0 Å². The Hall–Kier alpha value is -2.31. The van der Waals surface area contributed by atoms with E-state index in [4.69, 9.17) is 22.9 Å². The fourth-order valence-electron chi connectivity index (χ4n) is 0.937. The highest BCUT2D eigenvalue weighted by Crippen LogP contribution is 2.15. The highest BCUT2D eigenvalue weighted by Gasteiger charge is 2.14. The topological polar surface area (TPSA) is 151 Å². The van der Waals surface area contributed by atoms with E-state index >= 15 is 0 Å². The van der Waals surface area contributed by atoms with Gasteiger partial charge in [-0.1, -0.05) is 0 Å². The normalized spacial score (nSPS) is 9.71. The maximum atomic E-state index is 10.8. The third-order valence-electron chi connectivity index (χ3n) is 1.61. The van der Waals surface area contributed by atoms with Crippen molar-refractivity contribution < 1.29 is 9.59 Å². The Labute approximate surface area is 79.1 Å². The molecule has 7 heteroatoms. The van der Waals surface area contributed by atoms with Crippen molar-refractivity contribution in [1.82, 2.24) is 4.98 Å². The van der Waals surface area contributed by atoms with Crippen LogP contribution >= 0.6 is 0 Å². The molecule has 1 aromatic rings. The number of carbonyl (C=O) groups excluding carboxylic acids is 2. The van der Waals surface area contributed by atoms with Crippen LogP contribution in [0, 0.1) is 0 Å². The van der Waals surface area contributed by atoms with E-state index < -0.39 is 11.8 Å². The first kappa shape index (κ1) is 9.78. The van der Waals surface area contributed by atoms with Gasteiger partial charge in [-0.15, -0.1) is 0 Å². The van der Waals surface area contributed by atoms with E-state index in [-0.39, 0.29) is 22.8 Å². The number of amides is 2. The lowest BCUT2D eigenvalue weighted by Gasteiger charge is -2.05. The molecule has 74 valence electrons. The Balaban J connectivity index is 3.42.